The van der Waals surface area contributed by atoms with E-state index in [-0.39, 0.29) is 11.7 Å². The van der Waals surface area contributed by atoms with Crippen LogP contribution in [-0.2, 0) is 20.8 Å². The third-order valence-electron chi connectivity index (χ3n) is 6.03. The van der Waals surface area contributed by atoms with Gasteiger partial charge in [-0.3, -0.25) is 14.4 Å². The quantitative estimate of drug-likeness (QED) is 0.356. The van der Waals surface area contributed by atoms with E-state index in [0.29, 0.717) is 18.6 Å². The number of hydrogen-bond acceptors (Lipinski definition) is 6. The molecule has 3 rings (SSSR count). The van der Waals surface area contributed by atoms with Crippen LogP contribution >= 0.6 is 0 Å². The lowest BCUT2D eigenvalue weighted by molar-refractivity contribution is -0.131. The summed E-state index contributed by atoms with van der Waals surface area (Å²) in [4.78, 5) is 44.7. The number of ether oxygens (including phenoxy) is 1. The summed E-state index contributed by atoms with van der Waals surface area (Å²) in [6.07, 6.45) is 4.03. The summed E-state index contributed by atoms with van der Waals surface area (Å²) >= 11 is 0. The fourth-order valence-corrected chi connectivity index (χ4v) is 3.80. The van der Waals surface area contributed by atoms with Gasteiger partial charge >= 0.3 is 0 Å². The number of carbonyl (C=O) groups is 3. The van der Waals surface area contributed by atoms with E-state index in [9.17, 15) is 14.4 Å². The van der Waals surface area contributed by atoms with E-state index in [4.69, 9.17) is 10.5 Å². The fraction of sp³-hybridized carbons (Fsp3) is 0.357. The van der Waals surface area contributed by atoms with Crippen molar-refractivity contribution >= 4 is 23.5 Å². The van der Waals surface area contributed by atoms with Crippen LogP contribution in [0.1, 0.15) is 37.4 Å². The highest BCUT2D eigenvalue weighted by Crippen LogP contribution is 2.24. The minimum absolute atomic E-state index is 0.163. The van der Waals surface area contributed by atoms with Crippen molar-refractivity contribution in [3.63, 3.8) is 0 Å². The standard InChI is InChI=1S/C28H36N6O4/c1-28(2,29)27(37)31-22(16-11-19-9-7-6-8-10-19)25(35)32-23-17-34(18-30-23)24(26(36)33(3)4)20-12-14-21(38-5)15-13-20/h6-10,12-15,17-18,22,24H,11,16,29H2,1-5H3,(H,31,37)(H,32,35)/t22-,24?/m1/s1. The topological polar surface area (TPSA) is 132 Å². The number of imidazole rings is 1. The smallest absolute Gasteiger partial charge is 0.249 e. The molecule has 2 aromatic carbocycles. The van der Waals surface area contributed by atoms with Crippen molar-refractivity contribution in [3.05, 3.63) is 78.2 Å². The highest BCUT2D eigenvalue weighted by atomic mass is 16.5. The van der Waals surface area contributed by atoms with Gasteiger partial charge in [0.15, 0.2) is 5.82 Å². The molecule has 1 heterocycles. The number of aromatic nitrogens is 2. The van der Waals surface area contributed by atoms with Crippen molar-refractivity contribution in [2.75, 3.05) is 26.5 Å². The van der Waals surface area contributed by atoms with Crippen LogP contribution in [0.4, 0.5) is 5.82 Å². The normalized spacial score (nSPS) is 12.8. The fourth-order valence-electron chi connectivity index (χ4n) is 3.80. The number of likely N-dealkylation sites (N-methyl/N-ethyl adjacent to an activating group) is 1. The molecule has 4 N–H and O–H groups in total. The Morgan fingerprint density at radius 2 is 1.74 bits per heavy atom. The maximum Gasteiger partial charge on any atom is 0.249 e. The maximum absolute atomic E-state index is 13.3. The van der Waals surface area contributed by atoms with Gasteiger partial charge in [-0.2, -0.15) is 0 Å². The van der Waals surface area contributed by atoms with Gasteiger partial charge in [0.05, 0.1) is 19.0 Å². The van der Waals surface area contributed by atoms with Gasteiger partial charge in [-0.15, -0.1) is 0 Å². The van der Waals surface area contributed by atoms with Crippen LogP contribution in [0.2, 0.25) is 0 Å². The Labute approximate surface area is 223 Å². The maximum atomic E-state index is 13.3. The van der Waals surface area contributed by atoms with E-state index in [2.05, 4.69) is 15.6 Å². The second-order valence-electron chi connectivity index (χ2n) is 9.88. The SMILES string of the molecule is COc1ccc(C(C(=O)N(C)C)n2cnc(NC(=O)[C@@H](CCc3ccccc3)NC(=O)C(C)(C)N)c2)cc1. The number of benzene rings is 2. The summed E-state index contributed by atoms with van der Waals surface area (Å²) in [5.41, 5.74) is 6.58. The van der Waals surface area contributed by atoms with Crippen LogP contribution in [0.5, 0.6) is 5.75 Å². The van der Waals surface area contributed by atoms with Crippen LogP contribution < -0.4 is 21.1 Å². The average molecular weight is 521 g/mol. The van der Waals surface area contributed by atoms with Gasteiger partial charge in [-0.25, -0.2) is 4.98 Å². The molecule has 2 atom stereocenters. The molecule has 0 saturated carbocycles. The summed E-state index contributed by atoms with van der Waals surface area (Å²) in [7, 11) is 4.93. The van der Waals surface area contributed by atoms with Gasteiger partial charge in [0.1, 0.15) is 17.8 Å². The number of hydrogen-bond donors (Lipinski definition) is 3. The van der Waals surface area contributed by atoms with Crippen molar-refractivity contribution in [3.8, 4) is 5.75 Å². The molecule has 0 spiro atoms. The molecule has 0 aliphatic heterocycles. The Morgan fingerprint density at radius 3 is 2.32 bits per heavy atom. The number of methoxy groups -OCH3 is 1. The van der Waals surface area contributed by atoms with E-state index in [0.717, 1.165) is 11.1 Å². The van der Waals surface area contributed by atoms with Crippen LogP contribution in [0.25, 0.3) is 0 Å². The molecule has 0 aliphatic rings. The molecule has 10 heteroatoms. The number of aryl methyl sites for hydroxylation is 1. The molecular weight excluding hydrogens is 484 g/mol. The van der Waals surface area contributed by atoms with Gasteiger partial charge in [-0.1, -0.05) is 42.5 Å². The Balaban J connectivity index is 1.81. The average Bonchev–Trinajstić information content (AvgIpc) is 3.34. The molecule has 3 aromatic rings. The Morgan fingerprint density at radius 1 is 1.08 bits per heavy atom. The van der Waals surface area contributed by atoms with Crippen molar-refractivity contribution in [2.24, 2.45) is 5.73 Å². The van der Waals surface area contributed by atoms with Crippen molar-refractivity contribution < 1.29 is 19.1 Å². The highest BCUT2D eigenvalue weighted by molar-refractivity contribution is 5.98. The predicted octanol–water partition coefficient (Wildman–Crippen LogP) is 2.36. The molecule has 3 amide bonds. The molecule has 0 bridgehead atoms. The van der Waals surface area contributed by atoms with Gasteiger partial charge < -0.3 is 30.6 Å². The number of nitrogens with one attached hydrogen (secondary N) is 2. The minimum Gasteiger partial charge on any atom is -0.497 e. The molecule has 0 saturated heterocycles. The zero-order valence-electron chi connectivity index (χ0n) is 22.5. The summed E-state index contributed by atoms with van der Waals surface area (Å²) < 4.78 is 6.87. The van der Waals surface area contributed by atoms with Crippen LogP contribution in [0, 0.1) is 0 Å². The first-order chi connectivity index (χ1) is 18.0. The Hall–Kier alpha value is -4.18. The van der Waals surface area contributed by atoms with Gasteiger partial charge in [0, 0.05) is 20.3 Å². The summed E-state index contributed by atoms with van der Waals surface area (Å²) in [6, 6.07) is 15.4. The molecule has 1 unspecified atom stereocenters. The van der Waals surface area contributed by atoms with E-state index in [1.807, 2.05) is 42.5 Å². The highest BCUT2D eigenvalue weighted by Gasteiger charge is 2.29. The molecule has 0 radical (unpaired) electrons. The second-order valence-corrected chi connectivity index (χ2v) is 9.88. The molecule has 10 nitrogen and oxygen atoms in total. The molecular formula is C28H36N6O4. The van der Waals surface area contributed by atoms with E-state index in [1.165, 1.54) is 11.2 Å². The van der Waals surface area contributed by atoms with Gasteiger partial charge in [0.25, 0.3) is 0 Å². The first kappa shape index (κ1) is 28.4. The van der Waals surface area contributed by atoms with E-state index in [1.54, 1.807) is 57.9 Å². The number of carbonyl (C=O) groups excluding carboxylic acids is 3. The van der Waals surface area contributed by atoms with Gasteiger partial charge in [0.2, 0.25) is 17.7 Å². The number of nitrogens with zero attached hydrogens (tertiary/aromatic N) is 3. The predicted molar refractivity (Wildman–Crippen MR) is 146 cm³/mol. The monoisotopic (exact) mass is 520 g/mol. The number of amides is 3. The molecule has 38 heavy (non-hydrogen) atoms. The first-order valence-electron chi connectivity index (χ1n) is 12.3. The molecule has 202 valence electrons. The molecule has 0 fully saturated rings. The molecule has 0 aliphatic carbocycles. The lowest BCUT2D eigenvalue weighted by Gasteiger charge is -2.24. The number of nitrogens with two attached hydrogens (primary N) is 1. The molecule has 1 aromatic heterocycles. The van der Waals surface area contributed by atoms with Crippen LogP contribution in [-0.4, -0.2) is 65.0 Å². The zero-order chi connectivity index (χ0) is 27.9. The largest absolute Gasteiger partial charge is 0.497 e. The summed E-state index contributed by atoms with van der Waals surface area (Å²) in [5, 5.41) is 5.54. The minimum atomic E-state index is -1.15. The third kappa shape index (κ3) is 7.42. The second kappa shape index (κ2) is 12.4. The third-order valence-corrected chi connectivity index (χ3v) is 6.03. The van der Waals surface area contributed by atoms with E-state index >= 15 is 0 Å². The van der Waals surface area contributed by atoms with Crippen molar-refractivity contribution in [2.45, 2.75) is 44.3 Å². The van der Waals surface area contributed by atoms with Crippen LogP contribution in [0.3, 0.4) is 0 Å². The number of anilines is 1. The Bertz CT molecular complexity index is 1230. The first-order valence-corrected chi connectivity index (χ1v) is 12.3. The lowest BCUT2D eigenvalue weighted by Crippen LogP contribution is -2.55. The van der Waals surface area contributed by atoms with Crippen LogP contribution in [0.15, 0.2) is 67.1 Å². The Kier molecular flexibility index (Phi) is 9.25. The van der Waals surface area contributed by atoms with E-state index < -0.39 is 29.4 Å². The van der Waals surface area contributed by atoms with Crippen molar-refractivity contribution in [1.82, 2.24) is 19.8 Å². The summed E-state index contributed by atoms with van der Waals surface area (Å²) in [6.45, 7) is 3.16. The summed E-state index contributed by atoms with van der Waals surface area (Å²) in [5.74, 6) is -0.0987. The van der Waals surface area contributed by atoms with Crippen molar-refractivity contribution in [1.29, 1.82) is 0 Å². The zero-order valence-corrected chi connectivity index (χ0v) is 22.5. The number of rotatable bonds is 11. The van der Waals surface area contributed by atoms with Gasteiger partial charge in [-0.05, 0) is 49.9 Å². The lowest BCUT2D eigenvalue weighted by atomic mass is 10.0.